The average molecular weight is 267 g/mol. The zero-order valence-electron chi connectivity index (χ0n) is 10.2. The minimum atomic E-state index is -4.46. The fraction of sp³-hybridized carbons (Fsp3) is 0.231. The van der Waals surface area contributed by atoms with E-state index < -0.39 is 11.9 Å². The van der Waals surface area contributed by atoms with Crippen LogP contribution in [0.2, 0.25) is 0 Å². The summed E-state index contributed by atoms with van der Waals surface area (Å²) in [7, 11) is 0. The molecule has 1 aromatic carbocycles. The summed E-state index contributed by atoms with van der Waals surface area (Å²) < 4.78 is 36.9. The van der Waals surface area contributed by atoms with E-state index >= 15 is 0 Å². The number of hydrogen-bond donors (Lipinski definition) is 1. The van der Waals surface area contributed by atoms with E-state index in [1.54, 1.807) is 0 Å². The molecule has 3 nitrogen and oxygen atoms in total. The highest BCUT2D eigenvalue weighted by Gasteiger charge is 2.32. The number of nitrogens with one attached hydrogen (secondary N) is 1. The van der Waals surface area contributed by atoms with Crippen molar-refractivity contribution < 1.29 is 13.2 Å². The van der Waals surface area contributed by atoms with Crippen LogP contribution in [0.5, 0.6) is 0 Å². The molecule has 0 atom stereocenters. The Labute approximate surface area is 108 Å². The number of aryl methyl sites for hydroxylation is 1. The normalized spacial score (nSPS) is 11.4. The largest absolute Gasteiger partial charge is 0.435 e. The lowest BCUT2D eigenvalue weighted by Crippen LogP contribution is -2.10. The number of anilines is 1. The van der Waals surface area contributed by atoms with Gasteiger partial charge in [-0.2, -0.15) is 13.2 Å². The number of alkyl halides is 3. The Hall–Kier alpha value is -2.11. The van der Waals surface area contributed by atoms with Crippen LogP contribution in [0.25, 0.3) is 0 Å². The summed E-state index contributed by atoms with van der Waals surface area (Å²) in [6.45, 7) is 2.46. The summed E-state index contributed by atoms with van der Waals surface area (Å²) in [6.07, 6.45) is -4.46. The minimum Gasteiger partial charge on any atom is -0.364 e. The molecule has 1 aromatic heterocycles. The monoisotopic (exact) mass is 267 g/mol. The molecule has 0 spiro atoms. The van der Waals surface area contributed by atoms with Gasteiger partial charge in [0.05, 0.1) is 0 Å². The molecule has 2 rings (SSSR count). The van der Waals surface area contributed by atoms with E-state index in [1.165, 1.54) is 6.07 Å². The third-order valence-electron chi connectivity index (χ3n) is 2.68. The predicted molar refractivity (Wildman–Crippen MR) is 65.5 cm³/mol. The van der Waals surface area contributed by atoms with Crippen molar-refractivity contribution in [1.82, 2.24) is 10.2 Å². The third kappa shape index (κ3) is 3.43. The second-order valence-electron chi connectivity index (χ2n) is 4.08. The highest BCUT2D eigenvalue weighted by Crippen LogP contribution is 2.27. The van der Waals surface area contributed by atoms with Gasteiger partial charge in [0.1, 0.15) is 5.82 Å². The Morgan fingerprint density at radius 3 is 2.37 bits per heavy atom. The SMILES string of the molecule is Cc1ccccc1CNc1ccc(C(F)(F)F)nn1. The van der Waals surface area contributed by atoms with Crippen LogP contribution in [0.4, 0.5) is 19.0 Å². The van der Waals surface area contributed by atoms with Crippen LogP contribution in [0, 0.1) is 6.92 Å². The van der Waals surface area contributed by atoms with Crippen molar-refractivity contribution in [2.75, 3.05) is 5.32 Å². The number of benzene rings is 1. The number of aromatic nitrogens is 2. The van der Waals surface area contributed by atoms with Gasteiger partial charge in [0.2, 0.25) is 0 Å². The third-order valence-corrected chi connectivity index (χ3v) is 2.68. The molecule has 100 valence electrons. The Balaban J connectivity index is 2.03. The van der Waals surface area contributed by atoms with Crippen molar-refractivity contribution in [3.05, 3.63) is 53.2 Å². The van der Waals surface area contributed by atoms with Crippen molar-refractivity contribution in [2.45, 2.75) is 19.6 Å². The number of hydrogen-bond acceptors (Lipinski definition) is 3. The first-order chi connectivity index (χ1) is 8.97. The lowest BCUT2D eigenvalue weighted by molar-refractivity contribution is -0.141. The van der Waals surface area contributed by atoms with Crippen molar-refractivity contribution >= 4 is 5.82 Å². The fourth-order valence-electron chi connectivity index (χ4n) is 1.57. The standard InChI is InChI=1S/C13H12F3N3/c1-9-4-2-3-5-10(9)8-17-12-7-6-11(18-19-12)13(14,15)16/h2-7H,8H2,1H3,(H,17,19). The molecule has 0 radical (unpaired) electrons. The Bertz CT molecular complexity index is 550. The minimum absolute atomic E-state index is 0.316. The van der Waals surface area contributed by atoms with Crippen LogP contribution in [-0.4, -0.2) is 10.2 Å². The Kier molecular flexibility index (Phi) is 3.69. The molecule has 0 aliphatic rings. The van der Waals surface area contributed by atoms with Gasteiger partial charge in [-0.1, -0.05) is 24.3 Å². The molecule has 0 unspecified atom stereocenters. The number of nitrogens with zero attached hydrogens (tertiary/aromatic N) is 2. The van der Waals surface area contributed by atoms with Crippen molar-refractivity contribution in [3.63, 3.8) is 0 Å². The molecule has 1 heterocycles. The van der Waals surface area contributed by atoms with E-state index in [0.717, 1.165) is 17.2 Å². The summed E-state index contributed by atoms with van der Waals surface area (Å²) in [4.78, 5) is 0. The molecule has 0 saturated heterocycles. The van der Waals surface area contributed by atoms with Gasteiger partial charge in [-0.05, 0) is 30.2 Å². The zero-order chi connectivity index (χ0) is 13.9. The van der Waals surface area contributed by atoms with Gasteiger partial charge in [-0.25, -0.2) is 0 Å². The van der Waals surface area contributed by atoms with E-state index in [9.17, 15) is 13.2 Å². The first-order valence-electron chi connectivity index (χ1n) is 5.66. The molecule has 0 saturated carbocycles. The fourth-order valence-corrected chi connectivity index (χ4v) is 1.57. The Morgan fingerprint density at radius 2 is 1.79 bits per heavy atom. The highest BCUT2D eigenvalue weighted by molar-refractivity contribution is 5.36. The van der Waals surface area contributed by atoms with Gasteiger partial charge in [0, 0.05) is 6.54 Å². The maximum absolute atomic E-state index is 12.3. The second-order valence-corrected chi connectivity index (χ2v) is 4.08. The first kappa shape index (κ1) is 13.3. The summed E-state index contributed by atoms with van der Waals surface area (Å²) in [6, 6.07) is 9.93. The van der Waals surface area contributed by atoms with Gasteiger partial charge in [-0.15, -0.1) is 10.2 Å². The lowest BCUT2D eigenvalue weighted by atomic mass is 10.1. The quantitative estimate of drug-likeness (QED) is 0.926. The molecule has 0 fully saturated rings. The van der Waals surface area contributed by atoms with Crippen LogP contribution in [-0.2, 0) is 12.7 Å². The predicted octanol–water partition coefficient (Wildman–Crippen LogP) is 3.42. The zero-order valence-corrected chi connectivity index (χ0v) is 10.2. The molecule has 19 heavy (non-hydrogen) atoms. The topological polar surface area (TPSA) is 37.8 Å². The lowest BCUT2D eigenvalue weighted by Gasteiger charge is -2.09. The summed E-state index contributed by atoms with van der Waals surface area (Å²) >= 11 is 0. The van der Waals surface area contributed by atoms with Crippen LogP contribution in [0.15, 0.2) is 36.4 Å². The van der Waals surface area contributed by atoms with Crippen LogP contribution >= 0.6 is 0 Å². The number of halogens is 3. The summed E-state index contributed by atoms with van der Waals surface area (Å²) in [5, 5.41) is 9.60. The van der Waals surface area contributed by atoms with Crippen molar-refractivity contribution in [3.8, 4) is 0 Å². The maximum atomic E-state index is 12.3. The van der Waals surface area contributed by atoms with Gasteiger partial charge in [0.25, 0.3) is 0 Å². The molecule has 0 amide bonds. The molecule has 0 aliphatic heterocycles. The second kappa shape index (κ2) is 5.26. The summed E-state index contributed by atoms with van der Waals surface area (Å²) in [5.41, 5.74) is 1.17. The molecule has 0 aliphatic carbocycles. The van der Waals surface area contributed by atoms with E-state index in [1.807, 2.05) is 31.2 Å². The molecular formula is C13H12F3N3. The van der Waals surface area contributed by atoms with Gasteiger partial charge in [-0.3, -0.25) is 0 Å². The first-order valence-corrected chi connectivity index (χ1v) is 5.66. The molecule has 1 N–H and O–H groups in total. The van der Waals surface area contributed by atoms with E-state index in [-0.39, 0.29) is 0 Å². The van der Waals surface area contributed by atoms with Gasteiger partial charge >= 0.3 is 6.18 Å². The molecule has 6 heteroatoms. The van der Waals surface area contributed by atoms with E-state index in [4.69, 9.17) is 0 Å². The van der Waals surface area contributed by atoms with Crippen LogP contribution in [0.3, 0.4) is 0 Å². The molecular weight excluding hydrogens is 255 g/mol. The maximum Gasteiger partial charge on any atom is 0.435 e. The van der Waals surface area contributed by atoms with E-state index in [2.05, 4.69) is 15.5 Å². The Morgan fingerprint density at radius 1 is 1.05 bits per heavy atom. The van der Waals surface area contributed by atoms with Gasteiger partial charge in [0.15, 0.2) is 5.69 Å². The van der Waals surface area contributed by atoms with Crippen molar-refractivity contribution in [2.24, 2.45) is 0 Å². The smallest absolute Gasteiger partial charge is 0.364 e. The average Bonchev–Trinajstić information content (AvgIpc) is 2.37. The number of rotatable bonds is 3. The van der Waals surface area contributed by atoms with E-state index in [0.29, 0.717) is 12.4 Å². The summed E-state index contributed by atoms with van der Waals surface area (Å²) in [5.74, 6) is 0.316. The van der Waals surface area contributed by atoms with Crippen molar-refractivity contribution in [1.29, 1.82) is 0 Å². The van der Waals surface area contributed by atoms with Gasteiger partial charge < -0.3 is 5.32 Å². The highest BCUT2D eigenvalue weighted by atomic mass is 19.4. The van der Waals surface area contributed by atoms with Crippen LogP contribution in [0.1, 0.15) is 16.8 Å². The van der Waals surface area contributed by atoms with Crippen LogP contribution < -0.4 is 5.32 Å². The molecule has 0 bridgehead atoms. The molecule has 2 aromatic rings.